The van der Waals surface area contributed by atoms with Gasteiger partial charge in [0, 0.05) is 12.7 Å². The Labute approximate surface area is 178 Å². The molecule has 0 atom stereocenters. The largest absolute Gasteiger partial charge is 0.416 e. The van der Waals surface area contributed by atoms with Gasteiger partial charge in [0.2, 0.25) is 5.91 Å². The number of carbonyl (C=O) groups is 1. The number of hydrogen-bond donors (Lipinski definition) is 0. The summed E-state index contributed by atoms with van der Waals surface area (Å²) < 4.78 is 66.9. The molecule has 0 radical (unpaired) electrons. The zero-order chi connectivity index (χ0) is 22.6. The van der Waals surface area contributed by atoms with Crippen molar-refractivity contribution in [1.29, 1.82) is 0 Å². The number of benzene rings is 3. The summed E-state index contributed by atoms with van der Waals surface area (Å²) in [5.74, 6) is -0.608. The SMILES string of the molecule is CN(C(=O)CN(c1cccc(C(F)(F)F)c1)S(=O)(=O)c1ccccc1)c1ccccc1. The van der Waals surface area contributed by atoms with E-state index in [9.17, 15) is 26.4 Å². The second-order valence-electron chi connectivity index (χ2n) is 6.66. The summed E-state index contributed by atoms with van der Waals surface area (Å²) >= 11 is 0. The summed E-state index contributed by atoms with van der Waals surface area (Å²) in [6.45, 7) is -0.677. The van der Waals surface area contributed by atoms with Crippen molar-refractivity contribution in [1.82, 2.24) is 0 Å². The van der Waals surface area contributed by atoms with Gasteiger partial charge in [-0.25, -0.2) is 8.42 Å². The van der Waals surface area contributed by atoms with Gasteiger partial charge in [0.25, 0.3) is 10.0 Å². The van der Waals surface area contributed by atoms with Crippen molar-refractivity contribution >= 4 is 27.3 Å². The molecule has 0 aliphatic rings. The van der Waals surface area contributed by atoms with Crippen molar-refractivity contribution in [2.75, 3.05) is 22.8 Å². The minimum atomic E-state index is -4.66. The van der Waals surface area contributed by atoms with Crippen LogP contribution in [-0.2, 0) is 21.0 Å². The number of rotatable bonds is 6. The summed E-state index contributed by atoms with van der Waals surface area (Å²) in [6.07, 6.45) is -4.66. The predicted molar refractivity (Wildman–Crippen MR) is 112 cm³/mol. The molecule has 5 nitrogen and oxygen atoms in total. The maximum atomic E-state index is 13.3. The van der Waals surface area contributed by atoms with Crippen LogP contribution < -0.4 is 9.21 Å². The van der Waals surface area contributed by atoms with Gasteiger partial charge >= 0.3 is 6.18 Å². The summed E-state index contributed by atoms with van der Waals surface area (Å²) in [7, 11) is -2.84. The maximum absolute atomic E-state index is 13.3. The molecule has 0 fully saturated rings. The molecule has 0 spiro atoms. The lowest BCUT2D eigenvalue weighted by molar-refractivity contribution is -0.137. The lowest BCUT2D eigenvalue weighted by Gasteiger charge is -2.27. The molecule has 0 aromatic heterocycles. The molecular weight excluding hydrogens is 429 g/mol. The Morgan fingerprint density at radius 3 is 1.97 bits per heavy atom. The van der Waals surface area contributed by atoms with E-state index in [1.165, 1.54) is 42.3 Å². The Bertz CT molecular complexity index is 1150. The number of hydrogen-bond acceptors (Lipinski definition) is 3. The monoisotopic (exact) mass is 448 g/mol. The molecule has 3 rings (SSSR count). The number of halogens is 3. The number of alkyl halides is 3. The van der Waals surface area contributed by atoms with Crippen LogP contribution in [-0.4, -0.2) is 27.9 Å². The van der Waals surface area contributed by atoms with Crippen molar-refractivity contribution in [3.05, 3.63) is 90.5 Å². The molecule has 0 heterocycles. The Morgan fingerprint density at radius 2 is 1.39 bits per heavy atom. The third-order valence-corrected chi connectivity index (χ3v) is 6.38. The van der Waals surface area contributed by atoms with E-state index in [0.29, 0.717) is 9.99 Å². The van der Waals surface area contributed by atoms with Crippen LogP contribution in [0, 0.1) is 0 Å². The fourth-order valence-electron chi connectivity index (χ4n) is 2.90. The molecule has 0 aliphatic carbocycles. The maximum Gasteiger partial charge on any atom is 0.416 e. The van der Waals surface area contributed by atoms with Crippen LogP contribution in [0.1, 0.15) is 5.56 Å². The number of sulfonamides is 1. The van der Waals surface area contributed by atoms with Gasteiger partial charge in [-0.2, -0.15) is 13.2 Å². The van der Waals surface area contributed by atoms with E-state index in [1.807, 2.05) is 0 Å². The molecule has 3 aromatic carbocycles. The smallest absolute Gasteiger partial charge is 0.314 e. The number of likely N-dealkylation sites (N-methyl/N-ethyl adjacent to an activating group) is 1. The van der Waals surface area contributed by atoms with Crippen LogP contribution in [0.25, 0.3) is 0 Å². The fourth-order valence-corrected chi connectivity index (χ4v) is 4.32. The zero-order valence-electron chi connectivity index (χ0n) is 16.5. The van der Waals surface area contributed by atoms with Gasteiger partial charge in [-0.3, -0.25) is 9.10 Å². The normalized spacial score (nSPS) is 11.7. The Hall–Kier alpha value is -3.33. The highest BCUT2D eigenvalue weighted by Crippen LogP contribution is 2.33. The lowest BCUT2D eigenvalue weighted by Crippen LogP contribution is -2.41. The number of amides is 1. The highest BCUT2D eigenvalue weighted by Gasteiger charge is 2.33. The molecule has 1 amide bonds. The molecule has 0 saturated heterocycles. The van der Waals surface area contributed by atoms with Gasteiger partial charge in [-0.05, 0) is 42.5 Å². The number of para-hydroxylation sites is 1. The third kappa shape index (κ3) is 5.05. The van der Waals surface area contributed by atoms with E-state index in [0.717, 1.165) is 18.2 Å². The first-order valence-electron chi connectivity index (χ1n) is 9.17. The fraction of sp³-hybridized carbons (Fsp3) is 0.136. The number of carbonyl (C=O) groups excluding carboxylic acids is 1. The molecule has 31 heavy (non-hydrogen) atoms. The molecule has 9 heteroatoms. The van der Waals surface area contributed by atoms with Crippen molar-refractivity contribution < 1.29 is 26.4 Å². The average molecular weight is 448 g/mol. The van der Waals surface area contributed by atoms with Crippen LogP contribution in [0.15, 0.2) is 89.8 Å². The first kappa shape index (κ1) is 22.4. The van der Waals surface area contributed by atoms with Gasteiger partial charge in [-0.1, -0.05) is 42.5 Å². The average Bonchev–Trinajstić information content (AvgIpc) is 2.77. The van der Waals surface area contributed by atoms with Crippen LogP contribution in [0.4, 0.5) is 24.5 Å². The lowest BCUT2D eigenvalue weighted by atomic mass is 10.2. The summed E-state index contributed by atoms with van der Waals surface area (Å²) in [6, 6.07) is 19.7. The molecule has 0 aliphatic heterocycles. The molecule has 0 saturated carbocycles. The van der Waals surface area contributed by atoms with Gasteiger partial charge in [0.15, 0.2) is 0 Å². The molecule has 0 unspecified atom stereocenters. The summed E-state index contributed by atoms with van der Waals surface area (Å²) in [4.78, 5) is 14.0. The standard InChI is InChI=1S/C22H19F3N2O3S/c1-26(18-10-4-2-5-11-18)21(28)16-27(31(29,30)20-13-6-3-7-14-20)19-12-8-9-17(15-19)22(23,24)25/h2-15H,16H2,1H3. The molecular formula is C22H19F3N2O3S. The first-order chi connectivity index (χ1) is 14.6. The molecule has 162 valence electrons. The van der Waals surface area contributed by atoms with Crippen LogP contribution in [0.2, 0.25) is 0 Å². The number of anilines is 2. The molecule has 0 N–H and O–H groups in total. The van der Waals surface area contributed by atoms with Gasteiger partial charge in [-0.15, -0.1) is 0 Å². The van der Waals surface area contributed by atoms with E-state index in [-0.39, 0.29) is 10.6 Å². The molecule has 0 bridgehead atoms. The van der Waals surface area contributed by atoms with E-state index in [1.54, 1.807) is 36.4 Å². The van der Waals surface area contributed by atoms with Gasteiger partial charge in [0.05, 0.1) is 16.1 Å². The minimum Gasteiger partial charge on any atom is -0.314 e. The van der Waals surface area contributed by atoms with E-state index < -0.39 is 34.2 Å². The van der Waals surface area contributed by atoms with Crippen LogP contribution >= 0.6 is 0 Å². The number of nitrogens with zero attached hydrogens (tertiary/aromatic N) is 2. The quantitative estimate of drug-likeness (QED) is 0.555. The van der Waals surface area contributed by atoms with Crippen LogP contribution in [0.3, 0.4) is 0 Å². The van der Waals surface area contributed by atoms with Gasteiger partial charge in [0.1, 0.15) is 6.54 Å². The Kier molecular flexibility index (Phi) is 6.35. The molecule has 3 aromatic rings. The third-order valence-electron chi connectivity index (χ3n) is 4.59. The van der Waals surface area contributed by atoms with Crippen molar-refractivity contribution in [3.63, 3.8) is 0 Å². The Morgan fingerprint density at radius 1 is 0.839 bits per heavy atom. The van der Waals surface area contributed by atoms with Crippen molar-refractivity contribution in [2.24, 2.45) is 0 Å². The second kappa shape index (κ2) is 8.81. The topological polar surface area (TPSA) is 57.7 Å². The first-order valence-corrected chi connectivity index (χ1v) is 10.6. The highest BCUT2D eigenvalue weighted by molar-refractivity contribution is 7.92. The summed E-state index contributed by atoms with van der Waals surface area (Å²) in [5.41, 5.74) is -0.746. The summed E-state index contributed by atoms with van der Waals surface area (Å²) in [5, 5.41) is 0. The van der Waals surface area contributed by atoms with E-state index in [4.69, 9.17) is 0 Å². The van der Waals surface area contributed by atoms with Crippen LogP contribution in [0.5, 0.6) is 0 Å². The van der Waals surface area contributed by atoms with Gasteiger partial charge < -0.3 is 4.90 Å². The van der Waals surface area contributed by atoms with Crippen molar-refractivity contribution in [3.8, 4) is 0 Å². The second-order valence-corrected chi connectivity index (χ2v) is 8.52. The van der Waals surface area contributed by atoms with E-state index in [2.05, 4.69) is 0 Å². The highest BCUT2D eigenvalue weighted by atomic mass is 32.2. The van der Waals surface area contributed by atoms with Crippen molar-refractivity contribution in [2.45, 2.75) is 11.1 Å². The zero-order valence-corrected chi connectivity index (χ0v) is 17.3. The Balaban J connectivity index is 2.04. The van der Waals surface area contributed by atoms with E-state index >= 15 is 0 Å². The minimum absolute atomic E-state index is 0.137. The predicted octanol–water partition coefficient (Wildman–Crippen LogP) is 4.56.